The first-order valence-electron chi connectivity index (χ1n) is 5.60. The maximum atomic E-state index is 11.6. The van der Waals surface area contributed by atoms with Crippen LogP contribution in [-0.4, -0.2) is 13.0 Å². The molecular formula is C13H12ClIN2O2. The number of rotatable bonds is 4. The molecular weight excluding hydrogens is 379 g/mol. The Morgan fingerprint density at radius 2 is 2.16 bits per heavy atom. The highest BCUT2D eigenvalue weighted by Gasteiger charge is 2.09. The molecule has 0 aliphatic carbocycles. The minimum Gasteiger partial charge on any atom is -0.454 e. The Labute approximate surface area is 129 Å². The summed E-state index contributed by atoms with van der Waals surface area (Å²) in [5, 5.41) is 6.17. The Morgan fingerprint density at radius 3 is 2.79 bits per heavy atom. The van der Waals surface area contributed by atoms with Crippen LogP contribution < -0.4 is 10.6 Å². The fourth-order valence-corrected chi connectivity index (χ4v) is 2.25. The predicted octanol–water partition coefficient (Wildman–Crippen LogP) is 3.51. The number of amides is 1. The molecule has 1 heterocycles. The standard InChI is InChI=1S/C13H12ClIN2O2/c1-16-13(18)10-6-8(2-4-11(10)14)17-7-9-3-5-12(15)19-9/h2-6,17H,7H2,1H3,(H,16,18). The lowest BCUT2D eigenvalue weighted by Crippen LogP contribution is -2.18. The molecule has 0 fully saturated rings. The van der Waals surface area contributed by atoms with E-state index in [2.05, 4.69) is 33.2 Å². The van der Waals surface area contributed by atoms with Gasteiger partial charge in [-0.25, -0.2) is 0 Å². The summed E-state index contributed by atoms with van der Waals surface area (Å²) in [5.74, 6) is 0.627. The van der Waals surface area contributed by atoms with E-state index in [1.807, 2.05) is 18.2 Å². The molecule has 0 aliphatic heterocycles. The third-order valence-corrected chi connectivity index (χ3v) is 3.44. The summed E-state index contributed by atoms with van der Waals surface area (Å²) in [6.07, 6.45) is 0. The van der Waals surface area contributed by atoms with Crippen molar-refractivity contribution >= 4 is 45.8 Å². The van der Waals surface area contributed by atoms with Crippen LogP contribution in [0.25, 0.3) is 0 Å². The Morgan fingerprint density at radius 1 is 1.37 bits per heavy atom. The van der Waals surface area contributed by atoms with Crippen LogP contribution in [0.5, 0.6) is 0 Å². The average Bonchev–Trinajstić information content (AvgIpc) is 2.83. The smallest absolute Gasteiger partial charge is 0.252 e. The second-order valence-corrected chi connectivity index (χ2v) is 5.30. The minimum absolute atomic E-state index is 0.207. The number of benzene rings is 1. The Balaban J connectivity index is 2.10. The largest absolute Gasteiger partial charge is 0.454 e. The van der Waals surface area contributed by atoms with Gasteiger partial charge in [0.15, 0.2) is 3.77 Å². The van der Waals surface area contributed by atoms with Crippen molar-refractivity contribution in [3.63, 3.8) is 0 Å². The molecule has 0 saturated heterocycles. The summed E-state index contributed by atoms with van der Waals surface area (Å²) in [4.78, 5) is 11.6. The zero-order chi connectivity index (χ0) is 13.8. The van der Waals surface area contributed by atoms with Crippen molar-refractivity contribution < 1.29 is 9.21 Å². The number of furan rings is 1. The number of carbonyl (C=O) groups excluding carboxylic acids is 1. The topological polar surface area (TPSA) is 54.3 Å². The molecule has 0 spiro atoms. The van der Waals surface area contributed by atoms with Crippen molar-refractivity contribution in [3.05, 3.63) is 50.4 Å². The molecule has 1 amide bonds. The van der Waals surface area contributed by atoms with Gasteiger partial charge in [0.1, 0.15) is 5.76 Å². The summed E-state index contributed by atoms with van der Waals surface area (Å²) in [6, 6.07) is 9.04. The van der Waals surface area contributed by atoms with Crippen LogP contribution in [-0.2, 0) is 6.54 Å². The molecule has 4 nitrogen and oxygen atoms in total. The van der Waals surface area contributed by atoms with Crippen LogP contribution in [0.4, 0.5) is 5.69 Å². The minimum atomic E-state index is -0.207. The molecule has 0 bridgehead atoms. The molecule has 0 unspecified atom stereocenters. The second kappa shape index (κ2) is 6.29. The van der Waals surface area contributed by atoms with Gasteiger partial charge in [0, 0.05) is 12.7 Å². The van der Waals surface area contributed by atoms with E-state index in [9.17, 15) is 4.79 Å². The van der Waals surface area contributed by atoms with Gasteiger partial charge in [0.2, 0.25) is 0 Å². The van der Waals surface area contributed by atoms with E-state index in [1.165, 1.54) is 0 Å². The van der Waals surface area contributed by atoms with E-state index in [4.69, 9.17) is 16.0 Å². The van der Waals surface area contributed by atoms with Gasteiger partial charge >= 0.3 is 0 Å². The molecule has 100 valence electrons. The van der Waals surface area contributed by atoms with Crippen LogP contribution in [0.2, 0.25) is 5.02 Å². The summed E-state index contributed by atoms with van der Waals surface area (Å²) in [7, 11) is 1.57. The average molecular weight is 391 g/mol. The highest BCUT2D eigenvalue weighted by Crippen LogP contribution is 2.21. The van der Waals surface area contributed by atoms with Gasteiger partial charge in [-0.05, 0) is 52.9 Å². The first kappa shape index (κ1) is 14.2. The van der Waals surface area contributed by atoms with E-state index < -0.39 is 0 Å². The number of hydrogen-bond acceptors (Lipinski definition) is 3. The van der Waals surface area contributed by atoms with E-state index in [0.29, 0.717) is 17.1 Å². The molecule has 1 aromatic heterocycles. The van der Waals surface area contributed by atoms with Crippen molar-refractivity contribution in [1.29, 1.82) is 0 Å². The van der Waals surface area contributed by atoms with Crippen molar-refractivity contribution in [3.8, 4) is 0 Å². The van der Waals surface area contributed by atoms with E-state index in [1.54, 1.807) is 19.2 Å². The monoisotopic (exact) mass is 390 g/mol. The highest BCUT2D eigenvalue weighted by molar-refractivity contribution is 14.1. The second-order valence-electron chi connectivity index (χ2n) is 3.83. The van der Waals surface area contributed by atoms with E-state index in [-0.39, 0.29) is 5.91 Å². The zero-order valence-electron chi connectivity index (χ0n) is 10.2. The van der Waals surface area contributed by atoms with Gasteiger partial charge in [-0.3, -0.25) is 4.79 Å². The number of anilines is 1. The molecule has 0 saturated carbocycles. The number of carbonyl (C=O) groups is 1. The van der Waals surface area contributed by atoms with Crippen LogP contribution in [0.3, 0.4) is 0 Å². The zero-order valence-corrected chi connectivity index (χ0v) is 13.1. The van der Waals surface area contributed by atoms with Gasteiger partial charge in [-0.1, -0.05) is 11.6 Å². The molecule has 2 N–H and O–H groups in total. The van der Waals surface area contributed by atoms with Gasteiger partial charge in [0.05, 0.1) is 17.1 Å². The fourth-order valence-electron chi connectivity index (χ4n) is 1.58. The third-order valence-electron chi connectivity index (χ3n) is 2.53. The molecule has 2 aromatic rings. The number of hydrogen-bond donors (Lipinski definition) is 2. The van der Waals surface area contributed by atoms with Gasteiger partial charge in [0.25, 0.3) is 5.91 Å². The maximum Gasteiger partial charge on any atom is 0.252 e. The first-order valence-corrected chi connectivity index (χ1v) is 7.05. The fraction of sp³-hybridized carbons (Fsp3) is 0.154. The summed E-state index contributed by atoms with van der Waals surface area (Å²) >= 11 is 8.10. The van der Waals surface area contributed by atoms with Gasteiger partial charge < -0.3 is 15.1 Å². The molecule has 19 heavy (non-hydrogen) atoms. The van der Waals surface area contributed by atoms with E-state index in [0.717, 1.165) is 15.2 Å². The summed E-state index contributed by atoms with van der Waals surface area (Å²) < 4.78 is 6.29. The number of halogens is 2. The SMILES string of the molecule is CNC(=O)c1cc(NCc2ccc(I)o2)ccc1Cl. The number of nitrogens with one attached hydrogen (secondary N) is 2. The molecule has 1 aromatic carbocycles. The van der Waals surface area contributed by atoms with Crippen LogP contribution in [0, 0.1) is 3.77 Å². The van der Waals surface area contributed by atoms with Crippen LogP contribution >= 0.6 is 34.2 Å². The molecule has 0 aliphatic rings. The lowest BCUT2D eigenvalue weighted by molar-refractivity contribution is 0.0963. The Hall–Kier alpha value is -1.21. The summed E-state index contributed by atoms with van der Waals surface area (Å²) in [6.45, 7) is 0.553. The van der Waals surface area contributed by atoms with Gasteiger partial charge in [-0.2, -0.15) is 0 Å². The Kier molecular flexibility index (Phi) is 4.71. The van der Waals surface area contributed by atoms with Crippen molar-refractivity contribution in [2.75, 3.05) is 12.4 Å². The lowest BCUT2D eigenvalue weighted by atomic mass is 10.2. The molecule has 0 atom stereocenters. The quantitative estimate of drug-likeness (QED) is 0.786. The van der Waals surface area contributed by atoms with E-state index >= 15 is 0 Å². The van der Waals surface area contributed by atoms with Crippen molar-refractivity contribution in [2.24, 2.45) is 0 Å². The molecule has 2 rings (SSSR count). The summed E-state index contributed by atoms with van der Waals surface area (Å²) in [5.41, 5.74) is 1.26. The van der Waals surface area contributed by atoms with Crippen molar-refractivity contribution in [1.82, 2.24) is 5.32 Å². The maximum absolute atomic E-state index is 11.6. The molecule has 6 heteroatoms. The van der Waals surface area contributed by atoms with Gasteiger partial charge in [-0.15, -0.1) is 0 Å². The predicted molar refractivity (Wildman–Crippen MR) is 83.6 cm³/mol. The van der Waals surface area contributed by atoms with Crippen LogP contribution in [0.15, 0.2) is 34.7 Å². The van der Waals surface area contributed by atoms with Crippen molar-refractivity contribution in [2.45, 2.75) is 6.54 Å². The first-order chi connectivity index (χ1) is 9.10. The lowest BCUT2D eigenvalue weighted by Gasteiger charge is -2.08. The Bertz CT molecular complexity index is 598. The molecule has 0 radical (unpaired) electrons. The normalized spacial score (nSPS) is 10.3. The third kappa shape index (κ3) is 3.63. The van der Waals surface area contributed by atoms with Crippen LogP contribution in [0.1, 0.15) is 16.1 Å². The highest BCUT2D eigenvalue weighted by atomic mass is 127.